The first-order chi connectivity index (χ1) is 10.8. The fourth-order valence-corrected chi connectivity index (χ4v) is 2.14. The SMILES string of the molecule is CC(C)(C)[S+]([O-])N=Cc1cccc(Oc2ccc(F)cc2F)c1. The molecular weight excluding hydrogens is 320 g/mol. The lowest BCUT2D eigenvalue weighted by atomic mass is 10.2. The third-order valence-corrected chi connectivity index (χ3v) is 4.15. The fraction of sp³-hybridized carbons (Fsp3) is 0.235. The summed E-state index contributed by atoms with van der Waals surface area (Å²) in [4.78, 5) is 0. The first-order valence-corrected chi connectivity index (χ1v) is 8.05. The Morgan fingerprint density at radius 3 is 2.52 bits per heavy atom. The van der Waals surface area contributed by atoms with Crippen LogP contribution in [0.25, 0.3) is 0 Å². The molecule has 2 aromatic rings. The number of ether oxygens (including phenoxy) is 1. The van der Waals surface area contributed by atoms with Crippen LogP contribution in [0.5, 0.6) is 11.5 Å². The van der Waals surface area contributed by atoms with Crippen molar-refractivity contribution in [1.82, 2.24) is 0 Å². The molecule has 0 N–H and O–H groups in total. The molecule has 0 bridgehead atoms. The highest BCUT2D eigenvalue weighted by atomic mass is 32.2. The first-order valence-electron chi connectivity index (χ1n) is 6.95. The van der Waals surface area contributed by atoms with Crippen LogP contribution in [-0.2, 0) is 11.4 Å². The van der Waals surface area contributed by atoms with Crippen LogP contribution in [-0.4, -0.2) is 15.5 Å². The zero-order valence-corrected chi connectivity index (χ0v) is 13.9. The zero-order valence-electron chi connectivity index (χ0n) is 13.0. The molecule has 3 nitrogen and oxygen atoms in total. The monoisotopic (exact) mass is 337 g/mol. The molecule has 0 spiro atoms. The molecule has 0 saturated carbocycles. The maximum absolute atomic E-state index is 13.6. The standard InChI is InChI=1S/C17H17F2NO2S/c1-17(2,3)23(21)20-11-12-5-4-6-14(9-12)22-16-8-7-13(18)10-15(16)19/h4-11H,1-3H3. The number of hydrogen-bond acceptors (Lipinski definition) is 3. The van der Waals surface area contributed by atoms with Crippen molar-refractivity contribution in [2.45, 2.75) is 25.5 Å². The molecule has 0 aliphatic heterocycles. The van der Waals surface area contributed by atoms with E-state index in [4.69, 9.17) is 4.74 Å². The zero-order chi connectivity index (χ0) is 17.0. The minimum atomic E-state index is -1.36. The van der Waals surface area contributed by atoms with Crippen molar-refractivity contribution in [2.75, 3.05) is 0 Å². The van der Waals surface area contributed by atoms with Crippen molar-refractivity contribution in [3.8, 4) is 11.5 Å². The van der Waals surface area contributed by atoms with Gasteiger partial charge >= 0.3 is 0 Å². The highest BCUT2D eigenvalue weighted by Crippen LogP contribution is 2.25. The predicted molar refractivity (Wildman–Crippen MR) is 88.4 cm³/mol. The maximum atomic E-state index is 13.6. The van der Waals surface area contributed by atoms with Crippen LogP contribution in [0.15, 0.2) is 46.9 Å². The van der Waals surface area contributed by atoms with Crippen LogP contribution >= 0.6 is 0 Å². The van der Waals surface area contributed by atoms with E-state index in [0.717, 1.165) is 12.1 Å². The Morgan fingerprint density at radius 2 is 1.87 bits per heavy atom. The van der Waals surface area contributed by atoms with Gasteiger partial charge in [0.1, 0.15) is 27.7 Å². The Balaban J connectivity index is 2.15. The molecule has 0 amide bonds. The Hall–Kier alpha value is -1.92. The second-order valence-corrected chi connectivity index (χ2v) is 7.78. The summed E-state index contributed by atoms with van der Waals surface area (Å²) in [5.41, 5.74) is 0.669. The van der Waals surface area contributed by atoms with E-state index in [1.165, 1.54) is 12.3 Å². The molecule has 0 radical (unpaired) electrons. The molecule has 0 aliphatic rings. The van der Waals surface area contributed by atoms with Gasteiger partial charge < -0.3 is 9.29 Å². The van der Waals surface area contributed by atoms with E-state index in [9.17, 15) is 13.3 Å². The quantitative estimate of drug-likeness (QED) is 0.603. The molecule has 23 heavy (non-hydrogen) atoms. The van der Waals surface area contributed by atoms with Crippen LogP contribution in [0, 0.1) is 11.6 Å². The van der Waals surface area contributed by atoms with Gasteiger partial charge in [-0.1, -0.05) is 16.5 Å². The molecule has 1 atom stereocenters. The normalized spacial score (nSPS) is 13.3. The second kappa shape index (κ2) is 7.10. The van der Waals surface area contributed by atoms with Crippen LogP contribution in [0.4, 0.5) is 8.78 Å². The fourth-order valence-electron chi connectivity index (χ4n) is 1.61. The van der Waals surface area contributed by atoms with E-state index in [2.05, 4.69) is 4.40 Å². The molecule has 6 heteroatoms. The Kier molecular flexibility index (Phi) is 5.38. The number of rotatable bonds is 4. The summed E-state index contributed by atoms with van der Waals surface area (Å²) in [6.07, 6.45) is 1.48. The van der Waals surface area contributed by atoms with Gasteiger partial charge in [-0.2, -0.15) is 0 Å². The number of hydrogen-bond donors (Lipinski definition) is 0. The van der Waals surface area contributed by atoms with Crippen molar-refractivity contribution in [1.29, 1.82) is 0 Å². The molecule has 2 aromatic carbocycles. The van der Waals surface area contributed by atoms with E-state index in [1.54, 1.807) is 24.3 Å². The van der Waals surface area contributed by atoms with Gasteiger partial charge in [-0.15, -0.1) is 0 Å². The van der Waals surface area contributed by atoms with Gasteiger partial charge in [0.2, 0.25) is 0 Å². The molecule has 0 heterocycles. The summed E-state index contributed by atoms with van der Waals surface area (Å²) in [6, 6.07) is 9.84. The summed E-state index contributed by atoms with van der Waals surface area (Å²) in [6.45, 7) is 5.49. The van der Waals surface area contributed by atoms with Crippen molar-refractivity contribution in [3.63, 3.8) is 0 Å². The summed E-state index contributed by atoms with van der Waals surface area (Å²) in [5.74, 6) is -1.14. The number of nitrogens with zero attached hydrogens (tertiary/aromatic N) is 1. The molecule has 2 rings (SSSR count). The summed E-state index contributed by atoms with van der Waals surface area (Å²) < 4.78 is 47.3. The van der Waals surface area contributed by atoms with Crippen LogP contribution in [0.1, 0.15) is 26.3 Å². The van der Waals surface area contributed by atoms with Crippen LogP contribution in [0.2, 0.25) is 0 Å². The molecule has 122 valence electrons. The molecule has 0 aliphatic carbocycles. The number of benzene rings is 2. The third kappa shape index (κ3) is 5.04. The van der Waals surface area contributed by atoms with Crippen molar-refractivity contribution in [2.24, 2.45) is 4.40 Å². The van der Waals surface area contributed by atoms with Crippen LogP contribution in [0.3, 0.4) is 0 Å². The van der Waals surface area contributed by atoms with Crippen molar-refractivity contribution < 1.29 is 18.1 Å². The summed E-state index contributed by atoms with van der Waals surface area (Å²) in [5, 5.41) is 0. The van der Waals surface area contributed by atoms with Gasteiger partial charge in [-0.25, -0.2) is 8.78 Å². The second-order valence-electron chi connectivity index (χ2n) is 5.85. The van der Waals surface area contributed by atoms with E-state index in [1.807, 2.05) is 20.8 Å². The minimum Gasteiger partial charge on any atom is -0.591 e. The van der Waals surface area contributed by atoms with Crippen molar-refractivity contribution >= 4 is 17.6 Å². The van der Waals surface area contributed by atoms with E-state index < -0.39 is 27.7 Å². The molecule has 1 unspecified atom stereocenters. The highest BCUT2D eigenvalue weighted by Gasteiger charge is 2.25. The smallest absolute Gasteiger partial charge is 0.168 e. The molecular formula is C17H17F2NO2S. The summed E-state index contributed by atoms with van der Waals surface area (Å²) in [7, 11) is 0. The van der Waals surface area contributed by atoms with E-state index in [-0.39, 0.29) is 5.75 Å². The predicted octanol–water partition coefficient (Wildman–Crippen LogP) is 4.64. The van der Waals surface area contributed by atoms with Gasteiger partial charge in [0.05, 0.1) is 6.21 Å². The maximum Gasteiger partial charge on any atom is 0.168 e. The minimum absolute atomic E-state index is 0.0706. The van der Waals surface area contributed by atoms with Crippen LogP contribution < -0.4 is 4.74 Å². The topological polar surface area (TPSA) is 44.7 Å². The van der Waals surface area contributed by atoms with E-state index in [0.29, 0.717) is 11.3 Å². The Labute approximate surface area is 137 Å². The highest BCUT2D eigenvalue weighted by molar-refractivity contribution is 7.91. The molecule has 0 fully saturated rings. The average molecular weight is 337 g/mol. The average Bonchev–Trinajstić information content (AvgIpc) is 2.47. The van der Waals surface area contributed by atoms with E-state index >= 15 is 0 Å². The molecule has 0 saturated heterocycles. The van der Waals surface area contributed by atoms with Gasteiger partial charge in [-0.05, 0) is 45.0 Å². The number of halogens is 2. The van der Waals surface area contributed by atoms with Gasteiger partial charge in [0, 0.05) is 11.6 Å². The van der Waals surface area contributed by atoms with Crippen molar-refractivity contribution in [3.05, 3.63) is 59.7 Å². The first kappa shape index (κ1) is 17.4. The Morgan fingerprint density at radius 1 is 1.13 bits per heavy atom. The molecule has 0 aromatic heterocycles. The summed E-state index contributed by atoms with van der Waals surface area (Å²) >= 11 is -1.36. The van der Waals surface area contributed by atoms with Gasteiger partial charge in [0.25, 0.3) is 0 Å². The largest absolute Gasteiger partial charge is 0.591 e. The lowest BCUT2D eigenvalue weighted by Crippen LogP contribution is -2.25. The Bertz CT molecular complexity index is 714. The van der Waals surface area contributed by atoms with Gasteiger partial charge in [-0.3, -0.25) is 0 Å². The lowest BCUT2D eigenvalue weighted by molar-refractivity contribution is 0.437. The van der Waals surface area contributed by atoms with Gasteiger partial charge in [0.15, 0.2) is 11.6 Å². The lowest BCUT2D eigenvalue weighted by Gasteiger charge is -2.17. The third-order valence-electron chi connectivity index (χ3n) is 2.80.